The van der Waals surface area contributed by atoms with Crippen LogP contribution in [-0.2, 0) is 13.0 Å². The van der Waals surface area contributed by atoms with Gasteiger partial charge in [-0.25, -0.2) is 0 Å². The summed E-state index contributed by atoms with van der Waals surface area (Å²) in [4.78, 5) is 4.82. The van der Waals surface area contributed by atoms with Crippen molar-refractivity contribution in [2.75, 3.05) is 6.54 Å². The Morgan fingerprint density at radius 3 is 2.56 bits per heavy atom. The van der Waals surface area contributed by atoms with Crippen LogP contribution in [0.2, 0.25) is 0 Å². The lowest BCUT2D eigenvalue weighted by atomic mass is 9.91. The number of pyridine rings is 1. The maximum absolute atomic E-state index is 4.82. The second-order valence-corrected chi connectivity index (χ2v) is 5.30. The lowest BCUT2D eigenvalue weighted by Crippen LogP contribution is -2.26. The van der Waals surface area contributed by atoms with Crippen molar-refractivity contribution in [3.8, 4) is 0 Å². The minimum Gasteiger partial charge on any atom is -0.312 e. The van der Waals surface area contributed by atoms with Crippen molar-refractivity contribution in [1.82, 2.24) is 10.3 Å². The summed E-state index contributed by atoms with van der Waals surface area (Å²) >= 11 is 0. The highest BCUT2D eigenvalue weighted by Gasteiger charge is 2.18. The van der Waals surface area contributed by atoms with E-state index in [1.165, 1.54) is 22.5 Å². The molecule has 0 amide bonds. The maximum Gasteiger partial charge on any atom is 0.0467 e. The van der Waals surface area contributed by atoms with Crippen LogP contribution in [0.1, 0.15) is 62.0 Å². The van der Waals surface area contributed by atoms with Crippen LogP contribution < -0.4 is 5.32 Å². The molecule has 0 saturated heterocycles. The molecule has 88 valence electrons. The second-order valence-electron chi connectivity index (χ2n) is 5.30. The molecule has 1 N–H and O–H groups in total. The smallest absolute Gasteiger partial charge is 0.0467 e. The third kappa shape index (κ3) is 2.12. The standard InChI is InChI=1S/C14H22N2/c1-9(2)11-7-14(10(3)4)16-13-5-6-15-8-12(11)13/h7,9-10,15H,5-6,8H2,1-4H3. The van der Waals surface area contributed by atoms with E-state index in [9.17, 15) is 0 Å². The Morgan fingerprint density at radius 1 is 1.19 bits per heavy atom. The van der Waals surface area contributed by atoms with E-state index in [0.29, 0.717) is 11.8 Å². The highest BCUT2D eigenvalue weighted by molar-refractivity contribution is 5.37. The van der Waals surface area contributed by atoms with E-state index in [4.69, 9.17) is 4.98 Å². The number of aromatic nitrogens is 1. The van der Waals surface area contributed by atoms with Gasteiger partial charge in [0.05, 0.1) is 0 Å². The number of nitrogens with one attached hydrogen (secondary N) is 1. The first-order chi connectivity index (χ1) is 7.59. The van der Waals surface area contributed by atoms with Gasteiger partial charge in [0.15, 0.2) is 0 Å². The van der Waals surface area contributed by atoms with Crippen LogP contribution in [0.25, 0.3) is 0 Å². The average Bonchev–Trinajstić information content (AvgIpc) is 2.27. The lowest BCUT2D eigenvalue weighted by molar-refractivity contribution is 0.610. The SMILES string of the molecule is CC(C)c1cc(C(C)C)c2c(n1)CCNC2. The highest BCUT2D eigenvalue weighted by atomic mass is 14.9. The molecule has 1 aliphatic rings. The van der Waals surface area contributed by atoms with Crippen molar-refractivity contribution in [1.29, 1.82) is 0 Å². The van der Waals surface area contributed by atoms with Crippen LogP contribution in [0.15, 0.2) is 6.07 Å². The monoisotopic (exact) mass is 218 g/mol. The number of rotatable bonds is 2. The Kier molecular flexibility index (Phi) is 3.29. The second kappa shape index (κ2) is 4.54. The van der Waals surface area contributed by atoms with E-state index in [0.717, 1.165) is 19.5 Å². The molecule has 0 unspecified atom stereocenters. The van der Waals surface area contributed by atoms with Gasteiger partial charge in [-0.2, -0.15) is 0 Å². The molecule has 2 heteroatoms. The van der Waals surface area contributed by atoms with E-state index < -0.39 is 0 Å². The first kappa shape index (κ1) is 11.6. The Morgan fingerprint density at radius 2 is 1.94 bits per heavy atom. The van der Waals surface area contributed by atoms with Crippen LogP contribution in [-0.4, -0.2) is 11.5 Å². The van der Waals surface area contributed by atoms with Gasteiger partial charge < -0.3 is 5.32 Å². The van der Waals surface area contributed by atoms with Crippen molar-refractivity contribution in [3.05, 3.63) is 28.6 Å². The predicted octanol–water partition coefficient (Wildman–Crippen LogP) is 2.97. The third-order valence-electron chi connectivity index (χ3n) is 3.32. The van der Waals surface area contributed by atoms with Crippen LogP contribution in [0.3, 0.4) is 0 Å². The van der Waals surface area contributed by atoms with E-state index in [-0.39, 0.29) is 0 Å². The zero-order valence-corrected chi connectivity index (χ0v) is 10.8. The summed E-state index contributed by atoms with van der Waals surface area (Å²) in [6.07, 6.45) is 1.08. The fourth-order valence-corrected chi connectivity index (χ4v) is 2.31. The maximum atomic E-state index is 4.82. The summed E-state index contributed by atoms with van der Waals surface area (Å²) in [6, 6.07) is 2.31. The summed E-state index contributed by atoms with van der Waals surface area (Å²) in [5.41, 5.74) is 5.52. The zero-order chi connectivity index (χ0) is 11.7. The molecule has 0 atom stereocenters. The molecule has 1 aromatic heterocycles. The summed E-state index contributed by atoms with van der Waals surface area (Å²) in [5.74, 6) is 1.12. The molecule has 1 aliphatic heterocycles. The first-order valence-corrected chi connectivity index (χ1v) is 6.33. The molecule has 0 radical (unpaired) electrons. The predicted molar refractivity (Wildman–Crippen MR) is 67.8 cm³/mol. The zero-order valence-electron chi connectivity index (χ0n) is 10.8. The Labute approximate surface area is 98.5 Å². The van der Waals surface area contributed by atoms with Gasteiger partial charge in [-0.3, -0.25) is 4.98 Å². The fourth-order valence-electron chi connectivity index (χ4n) is 2.31. The van der Waals surface area contributed by atoms with Gasteiger partial charge in [0, 0.05) is 30.9 Å². The topological polar surface area (TPSA) is 24.9 Å². The van der Waals surface area contributed by atoms with Crippen LogP contribution in [0.4, 0.5) is 0 Å². The normalized spacial score (nSPS) is 15.6. The molecule has 0 fully saturated rings. The van der Waals surface area contributed by atoms with Gasteiger partial charge in [0.1, 0.15) is 0 Å². The lowest BCUT2D eigenvalue weighted by Gasteiger charge is -2.23. The number of nitrogens with zero attached hydrogens (tertiary/aromatic N) is 1. The minimum atomic E-state index is 0.526. The first-order valence-electron chi connectivity index (χ1n) is 6.33. The van der Waals surface area contributed by atoms with Gasteiger partial charge in [-0.1, -0.05) is 27.7 Å². The van der Waals surface area contributed by atoms with Gasteiger partial charge in [-0.05, 0) is 29.0 Å². The van der Waals surface area contributed by atoms with Gasteiger partial charge >= 0.3 is 0 Å². The molecule has 0 aromatic carbocycles. The molecule has 2 heterocycles. The number of hydrogen-bond acceptors (Lipinski definition) is 2. The van der Waals surface area contributed by atoms with Crippen LogP contribution in [0, 0.1) is 0 Å². The molecule has 0 bridgehead atoms. The van der Waals surface area contributed by atoms with Crippen LogP contribution in [0.5, 0.6) is 0 Å². The van der Waals surface area contributed by atoms with E-state index in [2.05, 4.69) is 39.1 Å². The molecule has 2 rings (SSSR count). The minimum absolute atomic E-state index is 0.526. The molecular weight excluding hydrogens is 196 g/mol. The van der Waals surface area contributed by atoms with Gasteiger partial charge in [-0.15, -0.1) is 0 Å². The number of hydrogen-bond donors (Lipinski definition) is 1. The van der Waals surface area contributed by atoms with Crippen molar-refractivity contribution in [2.45, 2.75) is 52.5 Å². The molecule has 1 aromatic rings. The molecule has 0 aliphatic carbocycles. The summed E-state index contributed by atoms with van der Waals surface area (Å²) in [5, 5.41) is 3.44. The number of fused-ring (bicyclic) bond motifs is 1. The summed E-state index contributed by atoms with van der Waals surface area (Å²) in [7, 11) is 0. The van der Waals surface area contributed by atoms with Crippen molar-refractivity contribution >= 4 is 0 Å². The highest BCUT2D eigenvalue weighted by Crippen LogP contribution is 2.27. The fraction of sp³-hybridized carbons (Fsp3) is 0.643. The van der Waals surface area contributed by atoms with E-state index >= 15 is 0 Å². The van der Waals surface area contributed by atoms with Gasteiger partial charge in [0.25, 0.3) is 0 Å². The average molecular weight is 218 g/mol. The van der Waals surface area contributed by atoms with Crippen molar-refractivity contribution in [2.24, 2.45) is 0 Å². The largest absolute Gasteiger partial charge is 0.312 e. The third-order valence-corrected chi connectivity index (χ3v) is 3.32. The van der Waals surface area contributed by atoms with Gasteiger partial charge in [0.2, 0.25) is 0 Å². The molecule has 0 saturated carbocycles. The Bertz CT molecular complexity index is 381. The molecule has 2 nitrogen and oxygen atoms in total. The molecular formula is C14H22N2. The van der Waals surface area contributed by atoms with E-state index in [1.807, 2.05) is 0 Å². The summed E-state index contributed by atoms with van der Waals surface area (Å²) < 4.78 is 0. The quantitative estimate of drug-likeness (QED) is 0.825. The molecule has 0 spiro atoms. The Hall–Kier alpha value is -0.890. The summed E-state index contributed by atoms with van der Waals surface area (Å²) in [6.45, 7) is 11.1. The van der Waals surface area contributed by atoms with Crippen molar-refractivity contribution in [3.63, 3.8) is 0 Å². The Balaban J connectivity index is 2.52. The molecule has 16 heavy (non-hydrogen) atoms. The van der Waals surface area contributed by atoms with Crippen LogP contribution >= 0.6 is 0 Å². The van der Waals surface area contributed by atoms with Crippen molar-refractivity contribution < 1.29 is 0 Å². The van der Waals surface area contributed by atoms with E-state index in [1.54, 1.807) is 0 Å².